The Morgan fingerprint density at radius 3 is 2.09 bits per heavy atom. The third-order valence-corrected chi connectivity index (χ3v) is 2.02. The molecule has 66 valence electrons. The highest BCUT2D eigenvalue weighted by atomic mass is 16.3. The van der Waals surface area contributed by atoms with Crippen LogP contribution in [0.2, 0.25) is 0 Å². The second-order valence-electron chi connectivity index (χ2n) is 3.46. The van der Waals surface area contributed by atoms with E-state index in [1.165, 1.54) is 0 Å². The molecule has 2 N–H and O–H groups in total. The molecule has 0 radical (unpaired) electrons. The van der Waals surface area contributed by atoms with Crippen LogP contribution in [0.4, 0.5) is 0 Å². The zero-order valence-electron chi connectivity index (χ0n) is 7.70. The number of hydrogen-bond acceptors (Lipinski definition) is 2. The number of rotatable bonds is 3. The molecule has 0 aromatic carbocycles. The minimum atomic E-state index is -0.821. The van der Waals surface area contributed by atoms with Gasteiger partial charge in [0.1, 0.15) is 0 Å². The monoisotopic (exact) mass is 158 g/mol. The second kappa shape index (κ2) is 3.88. The zero-order valence-corrected chi connectivity index (χ0v) is 7.70. The quantitative estimate of drug-likeness (QED) is 0.608. The number of aliphatic hydroxyl groups is 2. The van der Waals surface area contributed by atoms with E-state index in [9.17, 15) is 10.2 Å². The van der Waals surface area contributed by atoms with Crippen LogP contribution in [0.15, 0.2) is 12.2 Å². The topological polar surface area (TPSA) is 40.5 Å². The van der Waals surface area contributed by atoms with Gasteiger partial charge in [0.05, 0.1) is 11.7 Å². The predicted molar refractivity (Wildman–Crippen MR) is 46.3 cm³/mol. The highest BCUT2D eigenvalue weighted by molar-refractivity contribution is 4.93. The van der Waals surface area contributed by atoms with Crippen molar-refractivity contribution in [2.75, 3.05) is 0 Å². The Morgan fingerprint density at radius 2 is 1.82 bits per heavy atom. The molecule has 0 saturated carbocycles. The molecular formula is C9H18O2. The van der Waals surface area contributed by atoms with Gasteiger partial charge in [-0.1, -0.05) is 19.1 Å². The van der Waals surface area contributed by atoms with Crippen LogP contribution in [0.25, 0.3) is 0 Å². The summed E-state index contributed by atoms with van der Waals surface area (Å²) in [6.45, 7) is 7.07. The number of allylic oxidation sites excluding steroid dienone is 1. The first-order valence-corrected chi connectivity index (χ1v) is 3.93. The molecule has 0 fully saturated rings. The fourth-order valence-electron chi connectivity index (χ4n) is 0.782. The molecule has 0 aromatic heterocycles. The van der Waals surface area contributed by atoms with Crippen molar-refractivity contribution in [3.8, 4) is 0 Å². The van der Waals surface area contributed by atoms with Crippen LogP contribution in [0.1, 0.15) is 27.7 Å². The fraction of sp³-hybridized carbons (Fsp3) is 0.778. The lowest BCUT2D eigenvalue weighted by molar-refractivity contribution is -0.0219. The van der Waals surface area contributed by atoms with Gasteiger partial charge in [0, 0.05) is 5.92 Å². The third kappa shape index (κ3) is 3.54. The van der Waals surface area contributed by atoms with Gasteiger partial charge in [0.15, 0.2) is 0 Å². The lowest BCUT2D eigenvalue weighted by atomic mass is 9.88. The summed E-state index contributed by atoms with van der Waals surface area (Å²) in [5.74, 6) is -0.140. The first kappa shape index (κ1) is 10.7. The second-order valence-corrected chi connectivity index (χ2v) is 3.46. The highest BCUT2D eigenvalue weighted by Gasteiger charge is 2.26. The molecule has 0 aliphatic carbocycles. The van der Waals surface area contributed by atoms with Crippen molar-refractivity contribution in [2.24, 2.45) is 5.92 Å². The largest absolute Gasteiger partial charge is 0.390 e. The van der Waals surface area contributed by atoms with Crippen molar-refractivity contribution < 1.29 is 10.2 Å². The van der Waals surface area contributed by atoms with E-state index in [1.54, 1.807) is 26.0 Å². The van der Waals surface area contributed by atoms with Crippen LogP contribution in [0.5, 0.6) is 0 Å². The summed E-state index contributed by atoms with van der Waals surface area (Å²) < 4.78 is 0. The Hall–Kier alpha value is -0.340. The molecule has 0 bridgehead atoms. The van der Waals surface area contributed by atoms with Gasteiger partial charge in [0.25, 0.3) is 0 Å². The van der Waals surface area contributed by atoms with Gasteiger partial charge in [-0.05, 0) is 20.8 Å². The lowest BCUT2D eigenvalue weighted by Crippen LogP contribution is -2.36. The normalized spacial score (nSPS) is 18.7. The molecule has 0 spiro atoms. The van der Waals surface area contributed by atoms with E-state index in [2.05, 4.69) is 0 Å². The highest BCUT2D eigenvalue weighted by Crippen LogP contribution is 2.19. The molecule has 2 atom stereocenters. The predicted octanol–water partition coefficient (Wildman–Crippen LogP) is 1.33. The lowest BCUT2D eigenvalue weighted by Gasteiger charge is -2.28. The van der Waals surface area contributed by atoms with Crippen LogP contribution in [-0.2, 0) is 0 Å². The van der Waals surface area contributed by atoms with Gasteiger partial charge < -0.3 is 10.2 Å². The summed E-state index contributed by atoms with van der Waals surface area (Å²) in [4.78, 5) is 0. The van der Waals surface area contributed by atoms with E-state index in [0.717, 1.165) is 0 Å². The fourth-order valence-corrected chi connectivity index (χ4v) is 0.782. The maximum atomic E-state index is 9.49. The van der Waals surface area contributed by atoms with Crippen LogP contribution in [-0.4, -0.2) is 21.9 Å². The molecule has 0 unspecified atom stereocenters. The Balaban J connectivity index is 4.13. The first-order valence-electron chi connectivity index (χ1n) is 3.93. The van der Waals surface area contributed by atoms with E-state index in [0.29, 0.717) is 0 Å². The van der Waals surface area contributed by atoms with Gasteiger partial charge >= 0.3 is 0 Å². The molecule has 0 aromatic rings. The Labute approximate surface area is 68.6 Å². The molecule has 11 heavy (non-hydrogen) atoms. The summed E-state index contributed by atoms with van der Waals surface area (Å²) in [7, 11) is 0. The molecule has 0 saturated heterocycles. The Morgan fingerprint density at radius 1 is 1.36 bits per heavy atom. The van der Waals surface area contributed by atoms with Crippen molar-refractivity contribution in [3.63, 3.8) is 0 Å². The first-order chi connectivity index (χ1) is 4.89. The van der Waals surface area contributed by atoms with Crippen LogP contribution < -0.4 is 0 Å². The van der Waals surface area contributed by atoms with Crippen molar-refractivity contribution in [1.82, 2.24) is 0 Å². The van der Waals surface area contributed by atoms with Gasteiger partial charge in [0.2, 0.25) is 0 Å². The molecule has 0 aliphatic heterocycles. The maximum Gasteiger partial charge on any atom is 0.0773 e. The SMILES string of the molecule is C/C=C/[C@H](O)[C@H](C)C(C)(C)O. The molecule has 0 amide bonds. The minimum absolute atomic E-state index is 0.140. The average Bonchev–Trinajstić information content (AvgIpc) is 1.85. The minimum Gasteiger partial charge on any atom is -0.390 e. The van der Waals surface area contributed by atoms with Crippen molar-refractivity contribution in [3.05, 3.63) is 12.2 Å². The van der Waals surface area contributed by atoms with E-state index in [1.807, 2.05) is 13.8 Å². The molecular weight excluding hydrogens is 140 g/mol. The summed E-state index contributed by atoms with van der Waals surface area (Å²) in [6, 6.07) is 0. The standard InChI is InChI=1S/C9H18O2/c1-5-6-8(10)7(2)9(3,4)11/h5-8,10-11H,1-4H3/b6-5+/t7-,8-/m0/s1. The summed E-state index contributed by atoms with van der Waals surface area (Å²) in [5.41, 5.74) is -0.821. The Bertz CT molecular complexity index is 133. The van der Waals surface area contributed by atoms with E-state index < -0.39 is 11.7 Å². The molecule has 0 rings (SSSR count). The summed E-state index contributed by atoms with van der Waals surface area (Å²) in [5, 5.41) is 18.9. The van der Waals surface area contributed by atoms with Crippen LogP contribution in [0, 0.1) is 5.92 Å². The molecule has 2 heteroatoms. The van der Waals surface area contributed by atoms with Gasteiger partial charge in [-0.3, -0.25) is 0 Å². The van der Waals surface area contributed by atoms with Crippen molar-refractivity contribution in [2.45, 2.75) is 39.4 Å². The molecule has 0 aliphatic rings. The third-order valence-electron chi connectivity index (χ3n) is 2.02. The molecule has 0 heterocycles. The summed E-state index contributed by atoms with van der Waals surface area (Å²) >= 11 is 0. The number of aliphatic hydroxyl groups excluding tert-OH is 1. The Kier molecular flexibility index (Phi) is 3.76. The summed E-state index contributed by atoms with van der Waals surface area (Å²) in [6.07, 6.45) is 2.91. The van der Waals surface area contributed by atoms with E-state index >= 15 is 0 Å². The van der Waals surface area contributed by atoms with Gasteiger partial charge in [-0.15, -0.1) is 0 Å². The molecule has 2 nitrogen and oxygen atoms in total. The van der Waals surface area contributed by atoms with Gasteiger partial charge in [-0.2, -0.15) is 0 Å². The van der Waals surface area contributed by atoms with Crippen molar-refractivity contribution in [1.29, 1.82) is 0 Å². The van der Waals surface area contributed by atoms with Crippen LogP contribution >= 0.6 is 0 Å². The average molecular weight is 158 g/mol. The number of hydrogen-bond donors (Lipinski definition) is 2. The van der Waals surface area contributed by atoms with E-state index in [-0.39, 0.29) is 5.92 Å². The smallest absolute Gasteiger partial charge is 0.0773 e. The maximum absolute atomic E-state index is 9.49. The van der Waals surface area contributed by atoms with Gasteiger partial charge in [-0.25, -0.2) is 0 Å². The van der Waals surface area contributed by atoms with E-state index in [4.69, 9.17) is 0 Å². The zero-order chi connectivity index (χ0) is 9.07. The van der Waals surface area contributed by atoms with Crippen LogP contribution in [0.3, 0.4) is 0 Å². The van der Waals surface area contributed by atoms with Crippen molar-refractivity contribution >= 4 is 0 Å².